The van der Waals surface area contributed by atoms with Gasteiger partial charge < -0.3 is 15.2 Å². The third-order valence-corrected chi connectivity index (χ3v) is 7.67. The van der Waals surface area contributed by atoms with Crippen LogP contribution in [0.4, 0.5) is 11.4 Å². The smallest absolute Gasteiger partial charge is 0.139 e. The van der Waals surface area contributed by atoms with Crippen LogP contribution < -0.4 is 10.1 Å². The molecule has 200 valence electrons. The summed E-state index contributed by atoms with van der Waals surface area (Å²) >= 11 is 12.6. The Kier molecular flexibility index (Phi) is 8.51. The highest BCUT2D eigenvalue weighted by Crippen LogP contribution is 2.38. The molecule has 0 amide bonds. The fraction of sp³-hybridized carbons (Fsp3) is 0.267. The molecule has 0 radical (unpaired) electrons. The molecular weight excluding hydrogens is 533 g/mol. The van der Waals surface area contributed by atoms with Gasteiger partial charge in [0.05, 0.1) is 46.2 Å². The van der Waals surface area contributed by atoms with Gasteiger partial charge in [-0.3, -0.25) is 14.8 Å². The highest BCUT2D eigenvalue weighted by atomic mass is 35.5. The van der Waals surface area contributed by atoms with Gasteiger partial charge in [0, 0.05) is 56.9 Å². The summed E-state index contributed by atoms with van der Waals surface area (Å²) in [5, 5.41) is 23.8. The van der Waals surface area contributed by atoms with Crippen molar-refractivity contribution in [2.24, 2.45) is 0 Å². The summed E-state index contributed by atoms with van der Waals surface area (Å²) in [6, 6.07) is 20.2. The molecule has 0 atom stereocenters. The van der Waals surface area contributed by atoms with Crippen LogP contribution in [0.3, 0.4) is 0 Å². The molecule has 5 rings (SSSR count). The minimum atomic E-state index is 0.217. The molecule has 0 unspecified atom stereocenters. The number of nitrogens with zero attached hydrogens (tertiary/aromatic N) is 4. The molecule has 2 N–H and O–H groups in total. The number of nitriles is 1. The number of aromatic nitrogens is 1. The molecule has 0 aliphatic carbocycles. The van der Waals surface area contributed by atoms with Crippen LogP contribution in [0.1, 0.15) is 11.1 Å². The first-order valence-electron chi connectivity index (χ1n) is 12.8. The zero-order valence-corrected chi connectivity index (χ0v) is 23.1. The predicted molar refractivity (Wildman–Crippen MR) is 157 cm³/mol. The highest BCUT2D eigenvalue weighted by Gasteiger charge is 2.17. The van der Waals surface area contributed by atoms with Gasteiger partial charge in [-0.2, -0.15) is 5.26 Å². The van der Waals surface area contributed by atoms with Gasteiger partial charge in [-0.15, -0.1) is 0 Å². The highest BCUT2D eigenvalue weighted by molar-refractivity contribution is 6.37. The lowest BCUT2D eigenvalue weighted by molar-refractivity contribution is 0.108. The maximum Gasteiger partial charge on any atom is 0.139 e. The molecule has 0 spiro atoms. The van der Waals surface area contributed by atoms with E-state index in [0.29, 0.717) is 32.7 Å². The molecule has 1 saturated heterocycles. The van der Waals surface area contributed by atoms with E-state index in [0.717, 1.165) is 61.3 Å². The van der Waals surface area contributed by atoms with E-state index in [4.69, 9.17) is 33.0 Å². The second-order valence-electron chi connectivity index (χ2n) is 9.52. The minimum absolute atomic E-state index is 0.217. The van der Waals surface area contributed by atoms with Crippen molar-refractivity contribution < 1.29 is 9.84 Å². The number of benzene rings is 3. The monoisotopic (exact) mass is 561 g/mol. The van der Waals surface area contributed by atoms with Crippen molar-refractivity contribution in [3.63, 3.8) is 0 Å². The van der Waals surface area contributed by atoms with Crippen molar-refractivity contribution in [1.82, 2.24) is 14.8 Å². The average Bonchev–Trinajstić information content (AvgIpc) is 2.96. The SMILES string of the molecule is COc1cc(Nc2c(C#N)cnc3cc(-c4ccc(CN5CCN(CCO)CC5)cc4)ccc23)c(Cl)cc1Cl. The molecule has 0 saturated carbocycles. The zero-order valence-electron chi connectivity index (χ0n) is 21.6. The number of aliphatic hydroxyl groups excluding tert-OH is 1. The van der Waals surface area contributed by atoms with Gasteiger partial charge in [0.2, 0.25) is 0 Å². The largest absolute Gasteiger partial charge is 0.495 e. The number of halogens is 2. The van der Waals surface area contributed by atoms with E-state index in [1.807, 2.05) is 18.2 Å². The van der Waals surface area contributed by atoms with Crippen molar-refractivity contribution in [3.8, 4) is 22.9 Å². The Morgan fingerprint density at radius 1 is 0.974 bits per heavy atom. The molecule has 0 bridgehead atoms. The molecule has 1 aliphatic rings. The second kappa shape index (κ2) is 12.2. The number of pyridine rings is 1. The Bertz CT molecular complexity index is 1510. The third kappa shape index (κ3) is 6.11. The zero-order chi connectivity index (χ0) is 27.4. The maximum absolute atomic E-state index is 9.76. The first-order valence-corrected chi connectivity index (χ1v) is 13.5. The molecule has 7 nitrogen and oxygen atoms in total. The Hall–Kier alpha value is -3.38. The average molecular weight is 563 g/mol. The van der Waals surface area contributed by atoms with E-state index < -0.39 is 0 Å². The van der Waals surface area contributed by atoms with Crippen LogP contribution in [0, 0.1) is 11.3 Å². The van der Waals surface area contributed by atoms with E-state index in [2.05, 4.69) is 50.4 Å². The van der Waals surface area contributed by atoms with Crippen LogP contribution >= 0.6 is 23.2 Å². The van der Waals surface area contributed by atoms with E-state index >= 15 is 0 Å². The molecule has 3 aromatic carbocycles. The molecule has 4 aromatic rings. The number of methoxy groups -OCH3 is 1. The Morgan fingerprint density at radius 3 is 2.38 bits per heavy atom. The lowest BCUT2D eigenvalue weighted by Gasteiger charge is -2.34. The molecule has 9 heteroatoms. The molecular formula is C30H29Cl2N5O2. The summed E-state index contributed by atoms with van der Waals surface area (Å²) in [5.41, 5.74) is 5.78. The van der Waals surface area contributed by atoms with Crippen LogP contribution in [-0.4, -0.2) is 66.3 Å². The van der Waals surface area contributed by atoms with E-state index in [1.165, 1.54) is 12.7 Å². The summed E-state index contributed by atoms with van der Waals surface area (Å²) in [6.07, 6.45) is 1.57. The van der Waals surface area contributed by atoms with E-state index in [9.17, 15) is 5.26 Å². The third-order valence-electron chi connectivity index (χ3n) is 7.07. The summed E-state index contributed by atoms with van der Waals surface area (Å²) in [6.45, 7) is 5.88. The van der Waals surface area contributed by atoms with Gasteiger partial charge in [-0.1, -0.05) is 59.6 Å². The normalized spacial score (nSPS) is 14.3. The number of β-amino-alcohol motifs (C(OH)–C–C–N with tert-alkyl or cyclic N) is 1. The molecule has 39 heavy (non-hydrogen) atoms. The van der Waals surface area contributed by atoms with Crippen molar-refractivity contribution in [3.05, 3.63) is 82.0 Å². The lowest BCUT2D eigenvalue weighted by atomic mass is 10.0. The predicted octanol–water partition coefficient (Wildman–Crippen LogP) is 5.94. The Labute approximate surface area is 238 Å². The van der Waals surface area contributed by atoms with E-state index in [-0.39, 0.29) is 6.61 Å². The van der Waals surface area contributed by atoms with E-state index in [1.54, 1.807) is 18.3 Å². The van der Waals surface area contributed by atoms with Crippen LogP contribution in [0.15, 0.2) is 60.8 Å². The quantitative estimate of drug-likeness (QED) is 0.275. The Morgan fingerprint density at radius 2 is 1.69 bits per heavy atom. The number of aliphatic hydroxyl groups is 1. The van der Waals surface area contributed by atoms with Crippen molar-refractivity contribution in [1.29, 1.82) is 5.26 Å². The number of rotatable bonds is 8. The fourth-order valence-electron chi connectivity index (χ4n) is 4.88. The van der Waals surface area contributed by atoms with Crippen LogP contribution in [0.25, 0.3) is 22.0 Å². The van der Waals surface area contributed by atoms with Crippen LogP contribution in [0.2, 0.25) is 10.0 Å². The number of fused-ring (bicyclic) bond motifs is 1. The molecule has 2 heterocycles. The van der Waals surface area contributed by atoms with Gasteiger partial charge in [-0.25, -0.2) is 0 Å². The molecule has 1 fully saturated rings. The van der Waals surface area contributed by atoms with Crippen molar-refractivity contribution in [2.45, 2.75) is 6.54 Å². The van der Waals surface area contributed by atoms with Gasteiger partial charge in [0.1, 0.15) is 11.8 Å². The number of hydrogen-bond donors (Lipinski definition) is 2. The number of nitrogens with one attached hydrogen (secondary N) is 1. The summed E-state index contributed by atoms with van der Waals surface area (Å²) in [7, 11) is 1.54. The second-order valence-corrected chi connectivity index (χ2v) is 10.3. The van der Waals surface area contributed by atoms with Gasteiger partial charge in [0.25, 0.3) is 0 Å². The first kappa shape index (κ1) is 27.2. The first-order chi connectivity index (χ1) is 19.0. The summed E-state index contributed by atoms with van der Waals surface area (Å²) < 4.78 is 5.33. The van der Waals surface area contributed by atoms with Crippen LogP contribution in [-0.2, 0) is 6.54 Å². The summed E-state index contributed by atoms with van der Waals surface area (Å²) in [4.78, 5) is 9.31. The molecule has 1 aromatic heterocycles. The number of ether oxygens (including phenoxy) is 1. The van der Waals surface area contributed by atoms with Gasteiger partial charge in [0.15, 0.2) is 0 Å². The van der Waals surface area contributed by atoms with Gasteiger partial charge in [-0.05, 0) is 28.8 Å². The Balaban J connectivity index is 1.37. The fourth-order valence-corrected chi connectivity index (χ4v) is 5.39. The number of hydrogen-bond acceptors (Lipinski definition) is 7. The van der Waals surface area contributed by atoms with Crippen molar-refractivity contribution in [2.75, 3.05) is 51.8 Å². The molecule has 1 aliphatic heterocycles. The summed E-state index contributed by atoms with van der Waals surface area (Å²) in [5.74, 6) is 0.482. The minimum Gasteiger partial charge on any atom is -0.495 e. The number of piperazine rings is 1. The standard InChI is InChI=1S/C30H29Cl2N5O2/c1-39-29-16-28(25(31)15-26(29)32)35-30-23(17-33)18-34-27-14-22(6-7-24(27)30)21-4-2-20(3-5-21)19-37-10-8-36(9-11-37)12-13-38/h2-7,14-16,18,38H,8-13,19H2,1H3,(H,34,35). The van der Waals surface area contributed by atoms with Crippen molar-refractivity contribution >= 4 is 45.5 Å². The topological polar surface area (TPSA) is 84.7 Å². The number of anilines is 2. The van der Waals surface area contributed by atoms with Gasteiger partial charge >= 0.3 is 0 Å². The lowest BCUT2D eigenvalue weighted by Crippen LogP contribution is -2.46. The maximum atomic E-state index is 9.76. The van der Waals surface area contributed by atoms with Crippen LogP contribution in [0.5, 0.6) is 5.75 Å².